The first-order valence-corrected chi connectivity index (χ1v) is 4.29. The zero-order chi connectivity index (χ0) is 10.7. The van der Waals surface area contributed by atoms with Gasteiger partial charge in [0.05, 0.1) is 13.3 Å². The van der Waals surface area contributed by atoms with Gasteiger partial charge in [-0.15, -0.1) is 0 Å². The Morgan fingerprint density at radius 2 is 2.27 bits per heavy atom. The van der Waals surface area contributed by atoms with Gasteiger partial charge in [-0.3, -0.25) is 4.57 Å². The van der Waals surface area contributed by atoms with E-state index in [9.17, 15) is 0 Å². The lowest BCUT2D eigenvalue weighted by Crippen LogP contribution is -1.99. The summed E-state index contributed by atoms with van der Waals surface area (Å²) in [6, 6.07) is 5.53. The van der Waals surface area contributed by atoms with E-state index in [2.05, 4.69) is 9.97 Å². The summed E-state index contributed by atoms with van der Waals surface area (Å²) in [6.07, 6.45) is 4.84. The van der Waals surface area contributed by atoms with Crippen LogP contribution in [0.15, 0.2) is 30.7 Å². The standard InChI is InChI=1S/C10H8N4O/c1-15-8-2-3-9(13-7-8)14-5-4-12-10(14)6-11/h2-5,7H,1H3. The second-order valence-electron chi connectivity index (χ2n) is 2.79. The average molecular weight is 200 g/mol. The Morgan fingerprint density at radius 3 is 2.87 bits per heavy atom. The van der Waals surface area contributed by atoms with Crippen molar-refractivity contribution in [1.82, 2.24) is 14.5 Å². The summed E-state index contributed by atoms with van der Waals surface area (Å²) < 4.78 is 6.60. The van der Waals surface area contributed by atoms with Crippen LogP contribution in [0, 0.1) is 11.3 Å². The van der Waals surface area contributed by atoms with E-state index in [1.807, 2.05) is 6.07 Å². The minimum Gasteiger partial charge on any atom is -0.495 e. The molecule has 2 aromatic rings. The molecule has 0 radical (unpaired) electrons. The molecule has 2 heterocycles. The molecule has 0 spiro atoms. The monoisotopic (exact) mass is 200 g/mol. The lowest BCUT2D eigenvalue weighted by atomic mass is 10.4. The van der Waals surface area contributed by atoms with Gasteiger partial charge in [-0.1, -0.05) is 0 Å². The largest absolute Gasteiger partial charge is 0.495 e. The van der Waals surface area contributed by atoms with Crippen LogP contribution in [0.2, 0.25) is 0 Å². The molecule has 2 rings (SSSR count). The second-order valence-corrected chi connectivity index (χ2v) is 2.79. The van der Waals surface area contributed by atoms with E-state index in [0.717, 1.165) is 0 Å². The normalized spacial score (nSPS) is 9.60. The molecular formula is C10H8N4O. The summed E-state index contributed by atoms with van der Waals surface area (Å²) in [7, 11) is 1.58. The minimum absolute atomic E-state index is 0.313. The number of pyridine rings is 1. The van der Waals surface area contributed by atoms with Crippen LogP contribution in [0.4, 0.5) is 0 Å². The van der Waals surface area contributed by atoms with E-state index in [0.29, 0.717) is 17.4 Å². The van der Waals surface area contributed by atoms with Crippen LogP contribution in [-0.2, 0) is 0 Å². The number of hydrogen-bond donors (Lipinski definition) is 0. The van der Waals surface area contributed by atoms with Crippen LogP contribution in [0.25, 0.3) is 5.82 Å². The molecule has 5 nitrogen and oxygen atoms in total. The van der Waals surface area contributed by atoms with Crippen LogP contribution >= 0.6 is 0 Å². The molecule has 0 fully saturated rings. The van der Waals surface area contributed by atoms with Gasteiger partial charge in [-0.25, -0.2) is 9.97 Å². The predicted octanol–water partition coefficient (Wildman–Crippen LogP) is 1.15. The summed E-state index contributed by atoms with van der Waals surface area (Å²) in [5, 5.41) is 8.78. The van der Waals surface area contributed by atoms with E-state index in [-0.39, 0.29) is 0 Å². The highest BCUT2D eigenvalue weighted by Gasteiger charge is 2.04. The molecule has 0 aliphatic heterocycles. The first-order valence-electron chi connectivity index (χ1n) is 4.29. The van der Waals surface area contributed by atoms with Gasteiger partial charge in [0.15, 0.2) is 0 Å². The van der Waals surface area contributed by atoms with Crippen molar-refractivity contribution < 1.29 is 4.74 Å². The van der Waals surface area contributed by atoms with Crippen molar-refractivity contribution in [2.45, 2.75) is 0 Å². The van der Waals surface area contributed by atoms with E-state index < -0.39 is 0 Å². The van der Waals surface area contributed by atoms with E-state index >= 15 is 0 Å². The SMILES string of the molecule is COc1ccc(-n2ccnc2C#N)nc1. The molecule has 0 N–H and O–H groups in total. The Bertz CT molecular complexity index is 495. The third-order valence-corrected chi connectivity index (χ3v) is 1.94. The van der Waals surface area contributed by atoms with Gasteiger partial charge >= 0.3 is 0 Å². The first kappa shape index (κ1) is 9.21. The zero-order valence-electron chi connectivity index (χ0n) is 8.08. The minimum atomic E-state index is 0.313. The fourth-order valence-corrected chi connectivity index (χ4v) is 1.21. The first-order chi connectivity index (χ1) is 7.35. The van der Waals surface area contributed by atoms with Crippen LogP contribution in [-0.4, -0.2) is 21.6 Å². The van der Waals surface area contributed by atoms with Gasteiger partial charge in [0.1, 0.15) is 17.6 Å². The van der Waals surface area contributed by atoms with Gasteiger partial charge in [0.25, 0.3) is 0 Å². The van der Waals surface area contributed by atoms with Crippen molar-refractivity contribution in [1.29, 1.82) is 5.26 Å². The maximum atomic E-state index is 8.78. The molecule has 0 unspecified atom stereocenters. The Hall–Kier alpha value is -2.35. The fourth-order valence-electron chi connectivity index (χ4n) is 1.21. The van der Waals surface area contributed by atoms with Crippen molar-refractivity contribution in [3.8, 4) is 17.6 Å². The Morgan fingerprint density at radius 1 is 1.40 bits per heavy atom. The van der Waals surface area contributed by atoms with Crippen LogP contribution in [0.5, 0.6) is 5.75 Å². The van der Waals surface area contributed by atoms with Crippen molar-refractivity contribution >= 4 is 0 Å². The summed E-state index contributed by atoms with van der Waals surface area (Å²) in [6.45, 7) is 0. The molecule has 0 aliphatic carbocycles. The van der Waals surface area contributed by atoms with Crippen LogP contribution in [0.3, 0.4) is 0 Å². The summed E-state index contributed by atoms with van der Waals surface area (Å²) in [5.74, 6) is 1.63. The summed E-state index contributed by atoms with van der Waals surface area (Å²) >= 11 is 0. The lowest BCUT2D eigenvalue weighted by Gasteiger charge is -2.03. The average Bonchev–Trinajstić information content (AvgIpc) is 2.77. The summed E-state index contributed by atoms with van der Waals surface area (Å²) in [4.78, 5) is 8.03. The number of nitriles is 1. The van der Waals surface area contributed by atoms with E-state index in [1.165, 1.54) is 0 Å². The molecule has 2 aromatic heterocycles. The molecule has 0 atom stereocenters. The molecular weight excluding hydrogens is 192 g/mol. The van der Waals surface area contributed by atoms with Crippen molar-refractivity contribution in [2.24, 2.45) is 0 Å². The Balaban J connectivity index is 2.42. The Kier molecular flexibility index (Phi) is 2.33. The number of imidazole rings is 1. The number of aromatic nitrogens is 3. The van der Waals surface area contributed by atoms with Gasteiger partial charge in [0, 0.05) is 12.4 Å². The smallest absolute Gasteiger partial charge is 0.218 e. The molecule has 74 valence electrons. The predicted molar refractivity (Wildman–Crippen MR) is 52.6 cm³/mol. The molecule has 0 aliphatic rings. The third-order valence-electron chi connectivity index (χ3n) is 1.94. The number of ether oxygens (including phenoxy) is 1. The maximum absolute atomic E-state index is 8.78. The topological polar surface area (TPSA) is 63.7 Å². The quantitative estimate of drug-likeness (QED) is 0.729. The fraction of sp³-hybridized carbons (Fsp3) is 0.100. The molecule has 0 saturated carbocycles. The van der Waals surface area contributed by atoms with Crippen molar-refractivity contribution in [2.75, 3.05) is 7.11 Å². The van der Waals surface area contributed by atoms with Gasteiger partial charge in [-0.05, 0) is 12.1 Å². The molecule has 0 saturated heterocycles. The van der Waals surface area contributed by atoms with Gasteiger partial charge < -0.3 is 4.74 Å². The molecule has 15 heavy (non-hydrogen) atoms. The van der Waals surface area contributed by atoms with Gasteiger partial charge in [0.2, 0.25) is 5.82 Å². The van der Waals surface area contributed by atoms with E-state index in [1.54, 1.807) is 42.4 Å². The van der Waals surface area contributed by atoms with Crippen molar-refractivity contribution in [3.63, 3.8) is 0 Å². The zero-order valence-corrected chi connectivity index (χ0v) is 8.08. The molecule has 0 aromatic carbocycles. The van der Waals surface area contributed by atoms with E-state index in [4.69, 9.17) is 10.00 Å². The highest BCUT2D eigenvalue weighted by Crippen LogP contribution is 2.12. The number of hydrogen-bond acceptors (Lipinski definition) is 4. The molecule has 5 heteroatoms. The van der Waals surface area contributed by atoms with Crippen molar-refractivity contribution in [3.05, 3.63) is 36.5 Å². The molecule has 0 bridgehead atoms. The van der Waals surface area contributed by atoms with Crippen LogP contribution < -0.4 is 4.74 Å². The lowest BCUT2D eigenvalue weighted by molar-refractivity contribution is 0.413. The number of rotatable bonds is 2. The van der Waals surface area contributed by atoms with Crippen LogP contribution in [0.1, 0.15) is 5.82 Å². The third kappa shape index (κ3) is 1.65. The summed E-state index contributed by atoms with van der Waals surface area (Å²) in [5.41, 5.74) is 0. The second kappa shape index (κ2) is 3.80. The number of methoxy groups -OCH3 is 1. The molecule has 0 amide bonds. The van der Waals surface area contributed by atoms with Gasteiger partial charge in [-0.2, -0.15) is 5.26 Å². The highest BCUT2D eigenvalue weighted by molar-refractivity contribution is 5.32. The highest BCUT2D eigenvalue weighted by atomic mass is 16.5. The Labute approximate surface area is 86.6 Å². The maximum Gasteiger partial charge on any atom is 0.218 e. The number of nitrogens with zero attached hydrogens (tertiary/aromatic N) is 4.